The van der Waals surface area contributed by atoms with Gasteiger partial charge in [-0.2, -0.15) is 8.78 Å². The molecule has 0 N–H and O–H groups in total. The molecule has 1 atom stereocenters. The minimum absolute atomic E-state index is 0.0172. The van der Waals surface area contributed by atoms with Gasteiger partial charge < -0.3 is 9.47 Å². The lowest BCUT2D eigenvalue weighted by Gasteiger charge is -2.25. The van der Waals surface area contributed by atoms with Crippen molar-refractivity contribution in [1.29, 1.82) is 0 Å². The van der Waals surface area contributed by atoms with E-state index in [0.29, 0.717) is 6.42 Å². The summed E-state index contributed by atoms with van der Waals surface area (Å²) in [6.45, 7) is 3.57. The summed E-state index contributed by atoms with van der Waals surface area (Å²) < 4.78 is 38.0. The van der Waals surface area contributed by atoms with Gasteiger partial charge in [-0.15, -0.1) is 0 Å². The third-order valence-electron chi connectivity index (χ3n) is 3.68. The van der Waals surface area contributed by atoms with Crippen molar-refractivity contribution in [2.24, 2.45) is 0 Å². The number of rotatable bonds is 13. The van der Waals surface area contributed by atoms with Crippen LogP contribution in [0.4, 0.5) is 8.78 Å². The van der Waals surface area contributed by atoms with E-state index in [-0.39, 0.29) is 17.4 Å². The molecular weight excluding hydrogens is 354 g/mol. The summed E-state index contributed by atoms with van der Waals surface area (Å²) >= 11 is 5.94. The van der Waals surface area contributed by atoms with Gasteiger partial charge in [0.15, 0.2) is 6.10 Å². The first-order chi connectivity index (χ1) is 11.4. The number of hydrogen-bond donors (Lipinski definition) is 0. The summed E-state index contributed by atoms with van der Waals surface area (Å²) in [4.78, 5) is 11.5. The van der Waals surface area contributed by atoms with Crippen molar-refractivity contribution in [3.63, 3.8) is 0 Å². The smallest absolute Gasteiger partial charge is 0.381 e. The molecule has 0 saturated carbocycles. The van der Waals surface area contributed by atoms with Crippen LogP contribution in [0, 0.1) is 0 Å². The number of ether oxygens (including phenoxy) is 2. The molecular formula is C17H30F2O3S2. The van der Waals surface area contributed by atoms with Gasteiger partial charge in [0, 0.05) is 0 Å². The van der Waals surface area contributed by atoms with Crippen LogP contribution in [0.25, 0.3) is 0 Å². The second kappa shape index (κ2) is 13.8. The molecule has 0 saturated heterocycles. The molecule has 0 spiro atoms. The first-order valence-electron chi connectivity index (χ1n) is 8.69. The first-order valence-corrected chi connectivity index (χ1v) is 10.3. The maximum Gasteiger partial charge on any atom is 0.381 e. The number of hydrogen-bond acceptors (Lipinski definition) is 5. The lowest BCUT2D eigenvalue weighted by Crippen LogP contribution is -2.44. The van der Waals surface area contributed by atoms with Gasteiger partial charge in [-0.1, -0.05) is 63.6 Å². The van der Waals surface area contributed by atoms with Crippen molar-refractivity contribution in [2.45, 2.75) is 83.7 Å². The van der Waals surface area contributed by atoms with Crippen LogP contribution in [-0.2, 0) is 14.3 Å². The molecule has 0 fully saturated rings. The molecule has 3 nitrogen and oxygen atoms in total. The highest BCUT2D eigenvalue weighted by Crippen LogP contribution is 2.29. The van der Waals surface area contributed by atoms with Crippen molar-refractivity contribution in [1.82, 2.24) is 0 Å². The Balaban J connectivity index is 4.36. The Morgan fingerprint density at radius 3 is 2.12 bits per heavy atom. The largest absolute Gasteiger partial charge is 0.468 e. The number of thiocarbonyl (C=S) groups is 1. The molecule has 0 aromatic rings. The van der Waals surface area contributed by atoms with Crippen molar-refractivity contribution < 1.29 is 23.0 Å². The molecule has 0 rings (SSSR count). The molecule has 0 aliphatic carbocycles. The standard InChI is InChI=1S/C17H30F2O3S2/c1-4-6-7-8-9-10-11-12-13-14(22-16(23)24-3)17(18,19)15(20)21-5-2/h14H,4-13H2,1-3H3. The molecule has 24 heavy (non-hydrogen) atoms. The van der Waals surface area contributed by atoms with Gasteiger partial charge in [-0.25, -0.2) is 4.79 Å². The Kier molecular flexibility index (Phi) is 13.6. The Labute approximate surface area is 154 Å². The van der Waals surface area contributed by atoms with Gasteiger partial charge in [0.1, 0.15) is 0 Å². The van der Waals surface area contributed by atoms with Crippen LogP contribution in [-0.4, -0.2) is 35.2 Å². The third-order valence-corrected chi connectivity index (χ3v) is 4.70. The molecule has 1 unspecified atom stereocenters. The van der Waals surface area contributed by atoms with Crippen molar-refractivity contribution in [3.05, 3.63) is 0 Å². The fourth-order valence-corrected chi connectivity index (χ4v) is 2.63. The monoisotopic (exact) mass is 384 g/mol. The molecule has 0 aromatic heterocycles. The third kappa shape index (κ3) is 9.77. The van der Waals surface area contributed by atoms with Crippen LogP contribution in [0.15, 0.2) is 0 Å². The molecule has 0 aliphatic rings. The van der Waals surface area contributed by atoms with Crippen LogP contribution in [0.3, 0.4) is 0 Å². The molecule has 0 amide bonds. The number of esters is 1. The van der Waals surface area contributed by atoms with Crippen molar-refractivity contribution >= 4 is 34.3 Å². The van der Waals surface area contributed by atoms with Gasteiger partial charge in [-0.3, -0.25) is 0 Å². The van der Waals surface area contributed by atoms with Crippen molar-refractivity contribution in [2.75, 3.05) is 12.9 Å². The van der Waals surface area contributed by atoms with E-state index < -0.39 is 18.0 Å². The zero-order valence-electron chi connectivity index (χ0n) is 14.9. The van der Waals surface area contributed by atoms with E-state index in [2.05, 4.69) is 11.7 Å². The van der Waals surface area contributed by atoms with E-state index in [1.807, 2.05) is 0 Å². The van der Waals surface area contributed by atoms with E-state index in [9.17, 15) is 13.6 Å². The van der Waals surface area contributed by atoms with Gasteiger partial charge in [-0.05, 0) is 38.2 Å². The zero-order chi connectivity index (χ0) is 18.4. The van der Waals surface area contributed by atoms with Crippen molar-refractivity contribution in [3.8, 4) is 0 Å². The van der Waals surface area contributed by atoms with E-state index >= 15 is 0 Å². The van der Waals surface area contributed by atoms with Gasteiger partial charge in [0.25, 0.3) is 0 Å². The Hall–Kier alpha value is -0.430. The van der Waals surface area contributed by atoms with E-state index in [4.69, 9.17) is 17.0 Å². The highest BCUT2D eigenvalue weighted by Gasteiger charge is 2.50. The second-order valence-electron chi connectivity index (χ2n) is 5.67. The average molecular weight is 385 g/mol. The van der Waals surface area contributed by atoms with Gasteiger partial charge in [0.05, 0.1) is 6.61 Å². The molecule has 0 bridgehead atoms. The van der Waals surface area contributed by atoms with Crippen LogP contribution >= 0.6 is 24.0 Å². The van der Waals surface area contributed by atoms with Crippen LogP contribution in [0.2, 0.25) is 0 Å². The number of alkyl halides is 2. The summed E-state index contributed by atoms with van der Waals surface area (Å²) in [5.74, 6) is -5.23. The van der Waals surface area contributed by atoms with Crippen LogP contribution < -0.4 is 0 Å². The normalized spacial score (nSPS) is 12.7. The number of thioether (sulfide) groups is 1. The minimum atomic E-state index is -3.68. The lowest BCUT2D eigenvalue weighted by atomic mass is 10.0. The number of halogens is 2. The SMILES string of the molecule is CCCCCCCCCCC(OC(=S)SC)C(F)(F)C(=O)OCC. The molecule has 7 heteroatoms. The minimum Gasteiger partial charge on any atom is -0.468 e. The van der Waals surface area contributed by atoms with Crippen LogP contribution in [0.1, 0.15) is 71.6 Å². The van der Waals surface area contributed by atoms with Gasteiger partial charge >= 0.3 is 11.9 Å². The maximum absolute atomic E-state index is 14.2. The maximum atomic E-state index is 14.2. The van der Waals surface area contributed by atoms with Gasteiger partial charge in [0.2, 0.25) is 4.38 Å². The Bertz CT molecular complexity index is 366. The molecule has 0 radical (unpaired) electrons. The predicted molar refractivity (Wildman–Crippen MR) is 99.8 cm³/mol. The highest BCUT2D eigenvalue weighted by atomic mass is 32.2. The predicted octanol–water partition coefficient (Wildman–Crippen LogP) is 5.75. The lowest BCUT2D eigenvalue weighted by molar-refractivity contribution is -0.186. The fourth-order valence-electron chi connectivity index (χ4n) is 2.30. The second-order valence-corrected chi connectivity index (χ2v) is 7.08. The highest BCUT2D eigenvalue weighted by molar-refractivity contribution is 8.22. The summed E-state index contributed by atoms with van der Waals surface area (Å²) in [6.07, 6.45) is 8.58. The molecule has 0 heterocycles. The number of carbonyl (C=O) groups excluding carboxylic acids is 1. The van der Waals surface area contributed by atoms with E-state index in [1.54, 1.807) is 6.26 Å². The zero-order valence-corrected chi connectivity index (χ0v) is 16.6. The summed E-state index contributed by atoms with van der Waals surface area (Å²) in [6, 6.07) is 0. The number of carbonyl (C=O) groups is 1. The quantitative estimate of drug-likeness (QED) is 0.229. The Morgan fingerprint density at radius 1 is 1.08 bits per heavy atom. The summed E-state index contributed by atoms with van der Waals surface area (Å²) in [5, 5.41) is 0. The number of unbranched alkanes of at least 4 members (excludes halogenated alkanes) is 7. The molecule has 142 valence electrons. The fraction of sp³-hybridized carbons (Fsp3) is 0.882. The van der Waals surface area contributed by atoms with E-state index in [0.717, 1.165) is 31.0 Å². The summed E-state index contributed by atoms with van der Waals surface area (Å²) in [7, 11) is 0. The first kappa shape index (κ1) is 23.6. The molecule has 0 aliphatic heterocycles. The summed E-state index contributed by atoms with van der Waals surface area (Å²) in [5.41, 5.74) is 0. The average Bonchev–Trinajstić information content (AvgIpc) is 2.55. The Morgan fingerprint density at radius 2 is 1.62 bits per heavy atom. The van der Waals surface area contributed by atoms with E-state index in [1.165, 1.54) is 32.6 Å². The topological polar surface area (TPSA) is 35.5 Å². The molecule has 0 aromatic carbocycles. The van der Waals surface area contributed by atoms with Crippen LogP contribution in [0.5, 0.6) is 0 Å².